The van der Waals surface area contributed by atoms with Crippen molar-refractivity contribution in [2.75, 3.05) is 6.54 Å². The van der Waals surface area contributed by atoms with Crippen LogP contribution in [0.2, 0.25) is 0 Å². The Balaban J connectivity index is 2.15. The standard InChI is InChI=1S/C13H14N2/c1-4-14-5-2-11-8-13-9-15-6-3-12(13)7-10(1)11/h1-2,4-5,7-8,14-15H,3,6,9H2. The molecule has 0 aliphatic carbocycles. The molecule has 2 nitrogen and oxygen atoms in total. The van der Waals surface area contributed by atoms with Crippen LogP contribution < -0.4 is 10.6 Å². The first-order valence-electron chi connectivity index (χ1n) is 5.39. The Morgan fingerprint density at radius 3 is 2.47 bits per heavy atom. The van der Waals surface area contributed by atoms with E-state index in [-0.39, 0.29) is 0 Å². The van der Waals surface area contributed by atoms with Crippen LogP contribution in [0.25, 0.3) is 12.2 Å². The molecule has 1 aromatic carbocycles. The molecule has 0 radical (unpaired) electrons. The van der Waals surface area contributed by atoms with E-state index in [1.165, 1.54) is 22.3 Å². The summed E-state index contributed by atoms with van der Waals surface area (Å²) < 4.78 is 0. The highest BCUT2D eigenvalue weighted by atomic mass is 14.9. The van der Waals surface area contributed by atoms with Gasteiger partial charge in [-0.15, -0.1) is 0 Å². The lowest BCUT2D eigenvalue weighted by Gasteiger charge is -2.18. The topological polar surface area (TPSA) is 24.1 Å². The largest absolute Gasteiger partial charge is 0.368 e. The zero-order valence-corrected chi connectivity index (χ0v) is 8.59. The molecule has 1 aromatic rings. The third-order valence-electron chi connectivity index (χ3n) is 3.01. The van der Waals surface area contributed by atoms with Gasteiger partial charge in [0, 0.05) is 18.9 Å². The fraction of sp³-hybridized carbons (Fsp3) is 0.231. The Morgan fingerprint density at radius 1 is 0.933 bits per heavy atom. The molecule has 2 aliphatic heterocycles. The first-order chi connectivity index (χ1) is 7.43. The molecule has 0 aromatic heterocycles. The Hall–Kier alpha value is -1.54. The van der Waals surface area contributed by atoms with Gasteiger partial charge in [-0.1, -0.05) is 6.07 Å². The van der Waals surface area contributed by atoms with Crippen molar-refractivity contribution >= 4 is 12.2 Å². The second kappa shape index (κ2) is 3.55. The van der Waals surface area contributed by atoms with Crippen molar-refractivity contribution in [2.24, 2.45) is 0 Å². The van der Waals surface area contributed by atoms with Crippen molar-refractivity contribution in [3.8, 4) is 0 Å². The molecule has 3 rings (SSSR count). The Labute approximate surface area is 89.7 Å². The monoisotopic (exact) mass is 198 g/mol. The van der Waals surface area contributed by atoms with E-state index < -0.39 is 0 Å². The number of rotatable bonds is 0. The molecule has 0 atom stereocenters. The zero-order valence-electron chi connectivity index (χ0n) is 8.59. The second-order valence-electron chi connectivity index (χ2n) is 4.01. The molecular formula is C13H14N2. The molecule has 15 heavy (non-hydrogen) atoms. The third-order valence-corrected chi connectivity index (χ3v) is 3.01. The highest BCUT2D eigenvalue weighted by Gasteiger charge is 2.11. The van der Waals surface area contributed by atoms with E-state index in [2.05, 4.69) is 34.9 Å². The van der Waals surface area contributed by atoms with Gasteiger partial charge < -0.3 is 10.6 Å². The Kier molecular flexibility index (Phi) is 2.07. The van der Waals surface area contributed by atoms with Crippen molar-refractivity contribution in [3.63, 3.8) is 0 Å². The molecule has 0 spiro atoms. The summed E-state index contributed by atoms with van der Waals surface area (Å²) in [6.45, 7) is 2.11. The van der Waals surface area contributed by atoms with Crippen molar-refractivity contribution in [1.82, 2.24) is 10.6 Å². The maximum Gasteiger partial charge on any atom is 0.0208 e. The predicted octanol–water partition coefficient (Wildman–Crippen LogP) is 1.88. The lowest BCUT2D eigenvalue weighted by molar-refractivity contribution is 0.643. The van der Waals surface area contributed by atoms with Gasteiger partial charge in [0.2, 0.25) is 0 Å². The summed E-state index contributed by atoms with van der Waals surface area (Å²) >= 11 is 0. The van der Waals surface area contributed by atoms with Gasteiger partial charge in [-0.25, -0.2) is 0 Å². The molecule has 2 heterocycles. The van der Waals surface area contributed by atoms with E-state index in [1.807, 2.05) is 12.4 Å². The maximum atomic E-state index is 3.41. The van der Waals surface area contributed by atoms with Crippen LogP contribution in [-0.4, -0.2) is 6.54 Å². The van der Waals surface area contributed by atoms with Gasteiger partial charge in [0.1, 0.15) is 0 Å². The van der Waals surface area contributed by atoms with Crippen molar-refractivity contribution in [1.29, 1.82) is 0 Å². The van der Waals surface area contributed by atoms with E-state index in [4.69, 9.17) is 0 Å². The number of fused-ring (bicyclic) bond motifs is 2. The van der Waals surface area contributed by atoms with Crippen LogP contribution in [-0.2, 0) is 13.0 Å². The molecule has 0 saturated carbocycles. The number of nitrogens with one attached hydrogen (secondary N) is 2. The van der Waals surface area contributed by atoms with Crippen LogP contribution >= 0.6 is 0 Å². The molecule has 0 saturated heterocycles. The normalized spacial score (nSPS) is 17.6. The molecule has 2 heteroatoms. The fourth-order valence-electron chi connectivity index (χ4n) is 2.19. The average molecular weight is 198 g/mol. The summed E-state index contributed by atoms with van der Waals surface area (Å²) in [6.07, 6.45) is 9.37. The molecule has 0 bridgehead atoms. The van der Waals surface area contributed by atoms with Crippen LogP contribution in [0.5, 0.6) is 0 Å². The summed E-state index contributed by atoms with van der Waals surface area (Å²) in [5, 5.41) is 6.51. The lowest BCUT2D eigenvalue weighted by atomic mass is 9.94. The molecule has 0 fully saturated rings. The highest BCUT2D eigenvalue weighted by molar-refractivity contribution is 5.68. The molecule has 76 valence electrons. The lowest BCUT2D eigenvalue weighted by Crippen LogP contribution is -2.23. The van der Waals surface area contributed by atoms with Crippen molar-refractivity contribution in [3.05, 3.63) is 46.8 Å². The van der Waals surface area contributed by atoms with E-state index in [0.717, 1.165) is 19.5 Å². The molecule has 0 amide bonds. The van der Waals surface area contributed by atoms with E-state index in [9.17, 15) is 0 Å². The van der Waals surface area contributed by atoms with E-state index >= 15 is 0 Å². The van der Waals surface area contributed by atoms with Crippen LogP contribution in [0.4, 0.5) is 0 Å². The molecule has 2 N–H and O–H groups in total. The minimum atomic E-state index is 1.01. The smallest absolute Gasteiger partial charge is 0.0208 e. The number of hydrogen-bond acceptors (Lipinski definition) is 2. The molecule has 2 aliphatic rings. The highest BCUT2D eigenvalue weighted by Crippen LogP contribution is 2.23. The molecule has 0 unspecified atom stereocenters. The Morgan fingerprint density at radius 2 is 1.67 bits per heavy atom. The van der Waals surface area contributed by atoms with Gasteiger partial charge in [-0.05, 0) is 53.4 Å². The quantitative estimate of drug-likeness (QED) is 0.665. The predicted molar refractivity (Wildman–Crippen MR) is 63.1 cm³/mol. The van der Waals surface area contributed by atoms with Crippen molar-refractivity contribution in [2.45, 2.75) is 13.0 Å². The van der Waals surface area contributed by atoms with Gasteiger partial charge in [-0.3, -0.25) is 0 Å². The van der Waals surface area contributed by atoms with Crippen molar-refractivity contribution < 1.29 is 0 Å². The SMILES string of the molecule is C1=Cc2cc3c(cc2C=CN1)CNCC3. The average Bonchev–Trinajstić information content (AvgIpc) is 2.50. The summed E-state index contributed by atoms with van der Waals surface area (Å²) in [7, 11) is 0. The van der Waals surface area contributed by atoms with Gasteiger partial charge in [-0.2, -0.15) is 0 Å². The molecular weight excluding hydrogens is 184 g/mol. The third kappa shape index (κ3) is 1.57. The summed E-state index contributed by atoms with van der Waals surface area (Å²) in [6, 6.07) is 4.62. The van der Waals surface area contributed by atoms with Gasteiger partial charge in [0.05, 0.1) is 0 Å². The van der Waals surface area contributed by atoms with Gasteiger partial charge >= 0.3 is 0 Å². The minimum absolute atomic E-state index is 1.01. The number of benzene rings is 1. The first-order valence-corrected chi connectivity index (χ1v) is 5.39. The van der Waals surface area contributed by atoms with E-state index in [0.29, 0.717) is 0 Å². The second-order valence-corrected chi connectivity index (χ2v) is 4.01. The van der Waals surface area contributed by atoms with Crippen LogP contribution in [0.3, 0.4) is 0 Å². The Bertz CT molecular complexity index is 403. The number of hydrogen-bond donors (Lipinski definition) is 2. The van der Waals surface area contributed by atoms with Crippen LogP contribution in [0.15, 0.2) is 24.5 Å². The maximum absolute atomic E-state index is 3.41. The first kappa shape index (κ1) is 8.74. The van der Waals surface area contributed by atoms with Crippen LogP contribution in [0.1, 0.15) is 22.3 Å². The zero-order chi connectivity index (χ0) is 10.1. The van der Waals surface area contributed by atoms with Gasteiger partial charge in [0.25, 0.3) is 0 Å². The fourth-order valence-corrected chi connectivity index (χ4v) is 2.19. The minimum Gasteiger partial charge on any atom is -0.368 e. The van der Waals surface area contributed by atoms with Crippen LogP contribution in [0, 0.1) is 0 Å². The summed E-state index contributed by atoms with van der Waals surface area (Å²) in [4.78, 5) is 0. The summed E-state index contributed by atoms with van der Waals surface area (Å²) in [5.74, 6) is 0. The van der Waals surface area contributed by atoms with Gasteiger partial charge in [0.15, 0.2) is 0 Å². The summed E-state index contributed by atoms with van der Waals surface area (Å²) in [5.41, 5.74) is 5.56. The van der Waals surface area contributed by atoms with E-state index in [1.54, 1.807) is 0 Å².